The molecular formula is C12H26O. The zero-order chi connectivity index (χ0) is 10.2. The van der Waals surface area contributed by atoms with Crippen LogP contribution >= 0.6 is 0 Å². The van der Waals surface area contributed by atoms with E-state index in [0.29, 0.717) is 0 Å². The molecule has 0 unspecified atom stereocenters. The molecule has 0 heterocycles. The lowest BCUT2D eigenvalue weighted by Crippen LogP contribution is -2.28. The van der Waals surface area contributed by atoms with E-state index >= 15 is 0 Å². The van der Waals surface area contributed by atoms with Crippen molar-refractivity contribution in [3.8, 4) is 0 Å². The second kappa shape index (κ2) is 7.37. The van der Waals surface area contributed by atoms with Crippen LogP contribution in [-0.2, 0) is 4.74 Å². The van der Waals surface area contributed by atoms with Crippen LogP contribution in [0.2, 0.25) is 0 Å². The van der Waals surface area contributed by atoms with Crippen LogP contribution in [0.15, 0.2) is 0 Å². The Bertz CT molecular complexity index is 102. The third-order valence-electron chi connectivity index (χ3n) is 2.61. The highest BCUT2D eigenvalue weighted by Crippen LogP contribution is 2.25. The Balaban J connectivity index is 3.84. The van der Waals surface area contributed by atoms with Crippen molar-refractivity contribution in [2.75, 3.05) is 6.61 Å². The van der Waals surface area contributed by atoms with Crippen LogP contribution in [0.1, 0.15) is 66.2 Å². The largest absolute Gasteiger partial charge is 0.376 e. The molecule has 0 aliphatic rings. The molecular weight excluding hydrogens is 160 g/mol. The summed E-state index contributed by atoms with van der Waals surface area (Å²) < 4.78 is 5.83. The third-order valence-corrected chi connectivity index (χ3v) is 2.61. The number of rotatable bonds is 8. The summed E-state index contributed by atoms with van der Waals surface area (Å²) in [5, 5.41) is 0. The Morgan fingerprint density at radius 1 is 0.923 bits per heavy atom. The van der Waals surface area contributed by atoms with E-state index in [1.165, 1.54) is 38.5 Å². The second-order valence-corrected chi connectivity index (χ2v) is 4.09. The smallest absolute Gasteiger partial charge is 0.0654 e. The molecule has 0 fully saturated rings. The quantitative estimate of drug-likeness (QED) is 0.553. The minimum Gasteiger partial charge on any atom is -0.376 e. The molecule has 0 N–H and O–H groups in total. The van der Waals surface area contributed by atoms with E-state index < -0.39 is 0 Å². The van der Waals surface area contributed by atoms with Crippen LogP contribution in [-0.4, -0.2) is 12.2 Å². The zero-order valence-electron chi connectivity index (χ0n) is 9.86. The number of hydrogen-bond acceptors (Lipinski definition) is 1. The SMILES string of the molecule is CCCCC(C)(CCCC)OCC. The fraction of sp³-hybridized carbons (Fsp3) is 1.00. The van der Waals surface area contributed by atoms with Crippen LogP contribution in [0.3, 0.4) is 0 Å². The fourth-order valence-corrected chi connectivity index (χ4v) is 1.72. The van der Waals surface area contributed by atoms with E-state index in [0.717, 1.165) is 6.61 Å². The van der Waals surface area contributed by atoms with Crippen molar-refractivity contribution in [1.29, 1.82) is 0 Å². The lowest BCUT2D eigenvalue weighted by molar-refractivity contribution is -0.0398. The highest BCUT2D eigenvalue weighted by atomic mass is 16.5. The average molecular weight is 186 g/mol. The summed E-state index contributed by atoms with van der Waals surface area (Å²) in [4.78, 5) is 0. The molecule has 0 radical (unpaired) electrons. The summed E-state index contributed by atoms with van der Waals surface area (Å²) in [6, 6.07) is 0. The highest BCUT2D eigenvalue weighted by molar-refractivity contribution is 4.74. The lowest BCUT2D eigenvalue weighted by Gasteiger charge is -2.29. The zero-order valence-corrected chi connectivity index (χ0v) is 9.86. The summed E-state index contributed by atoms with van der Waals surface area (Å²) in [5.41, 5.74) is 0.154. The Labute approximate surface area is 83.9 Å². The normalized spacial score (nSPS) is 12.0. The maximum atomic E-state index is 5.83. The molecule has 0 spiro atoms. The lowest BCUT2D eigenvalue weighted by atomic mass is 9.93. The van der Waals surface area contributed by atoms with Gasteiger partial charge in [-0.05, 0) is 26.7 Å². The van der Waals surface area contributed by atoms with Crippen molar-refractivity contribution in [3.63, 3.8) is 0 Å². The van der Waals surface area contributed by atoms with Gasteiger partial charge in [-0.1, -0.05) is 39.5 Å². The first-order valence-corrected chi connectivity index (χ1v) is 5.82. The van der Waals surface area contributed by atoms with E-state index in [1.54, 1.807) is 0 Å². The Morgan fingerprint density at radius 3 is 1.69 bits per heavy atom. The monoisotopic (exact) mass is 186 g/mol. The van der Waals surface area contributed by atoms with Gasteiger partial charge in [0.15, 0.2) is 0 Å². The molecule has 0 aliphatic carbocycles. The molecule has 0 bridgehead atoms. The highest BCUT2D eigenvalue weighted by Gasteiger charge is 2.22. The van der Waals surface area contributed by atoms with Gasteiger partial charge in [0.25, 0.3) is 0 Å². The fourth-order valence-electron chi connectivity index (χ4n) is 1.72. The number of unbranched alkanes of at least 4 members (excludes halogenated alkanes) is 2. The van der Waals surface area contributed by atoms with Crippen LogP contribution in [0, 0.1) is 0 Å². The summed E-state index contributed by atoms with van der Waals surface area (Å²) in [5.74, 6) is 0. The van der Waals surface area contributed by atoms with E-state index in [9.17, 15) is 0 Å². The van der Waals surface area contributed by atoms with Gasteiger partial charge in [0.05, 0.1) is 5.60 Å². The van der Waals surface area contributed by atoms with Gasteiger partial charge in [-0.15, -0.1) is 0 Å². The number of ether oxygens (including phenoxy) is 1. The maximum absolute atomic E-state index is 5.83. The first-order chi connectivity index (χ1) is 6.18. The average Bonchev–Trinajstić information content (AvgIpc) is 2.12. The first kappa shape index (κ1) is 13.0. The molecule has 1 nitrogen and oxygen atoms in total. The molecule has 0 amide bonds. The molecule has 0 aliphatic heterocycles. The van der Waals surface area contributed by atoms with E-state index in [4.69, 9.17) is 4.74 Å². The maximum Gasteiger partial charge on any atom is 0.0654 e. The van der Waals surface area contributed by atoms with Gasteiger partial charge in [0.1, 0.15) is 0 Å². The topological polar surface area (TPSA) is 9.23 Å². The number of hydrogen-bond donors (Lipinski definition) is 0. The van der Waals surface area contributed by atoms with Crippen LogP contribution in [0.4, 0.5) is 0 Å². The van der Waals surface area contributed by atoms with Gasteiger partial charge in [-0.3, -0.25) is 0 Å². The van der Waals surface area contributed by atoms with Crippen molar-refractivity contribution in [2.24, 2.45) is 0 Å². The molecule has 13 heavy (non-hydrogen) atoms. The molecule has 1 heteroatoms. The summed E-state index contributed by atoms with van der Waals surface area (Å²) >= 11 is 0. The van der Waals surface area contributed by atoms with Gasteiger partial charge in [0.2, 0.25) is 0 Å². The molecule has 80 valence electrons. The summed E-state index contributed by atoms with van der Waals surface area (Å²) in [6.45, 7) is 9.69. The second-order valence-electron chi connectivity index (χ2n) is 4.09. The van der Waals surface area contributed by atoms with Crippen molar-refractivity contribution >= 4 is 0 Å². The molecule has 0 saturated heterocycles. The Morgan fingerprint density at radius 2 is 1.38 bits per heavy atom. The summed E-state index contributed by atoms with van der Waals surface area (Å²) in [7, 11) is 0. The standard InChI is InChI=1S/C12H26O/c1-5-8-10-12(4,13-7-3)11-9-6-2/h5-11H2,1-4H3. The van der Waals surface area contributed by atoms with E-state index in [-0.39, 0.29) is 5.60 Å². The molecule has 0 rings (SSSR count). The van der Waals surface area contributed by atoms with Crippen molar-refractivity contribution in [1.82, 2.24) is 0 Å². The van der Waals surface area contributed by atoms with Gasteiger partial charge in [-0.2, -0.15) is 0 Å². The van der Waals surface area contributed by atoms with Crippen LogP contribution in [0.5, 0.6) is 0 Å². The molecule has 0 aromatic rings. The van der Waals surface area contributed by atoms with Crippen LogP contribution in [0.25, 0.3) is 0 Å². The van der Waals surface area contributed by atoms with Gasteiger partial charge < -0.3 is 4.74 Å². The minimum absolute atomic E-state index is 0.154. The predicted molar refractivity (Wildman–Crippen MR) is 59.1 cm³/mol. The van der Waals surface area contributed by atoms with Gasteiger partial charge in [0, 0.05) is 6.61 Å². The summed E-state index contributed by atoms with van der Waals surface area (Å²) in [6.07, 6.45) is 7.57. The van der Waals surface area contributed by atoms with Crippen LogP contribution < -0.4 is 0 Å². The predicted octanol–water partition coefficient (Wildman–Crippen LogP) is 4.16. The van der Waals surface area contributed by atoms with E-state index in [2.05, 4.69) is 27.7 Å². The van der Waals surface area contributed by atoms with Gasteiger partial charge >= 0.3 is 0 Å². The third kappa shape index (κ3) is 6.09. The van der Waals surface area contributed by atoms with Crippen molar-refractivity contribution < 1.29 is 4.74 Å². The Kier molecular flexibility index (Phi) is 7.35. The minimum atomic E-state index is 0.154. The van der Waals surface area contributed by atoms with Crippen molar-refractivity contribution in [3.05, 3.63) is 0 Å². The van der Waals surface area contributed by atoms with E-state index in [1.807, 2.05) is 0 Å². The molecule has 0 aromatic carbocycles. The molecule has 0 aromatic heterocycles. The molecule has 0 saturated carbocycles. The first-order valence-electron chi connectivity index (χ1n) is 5.82. The Hall–Kier alpha value is -0.0400. The van der Waals surface area contributed by atoms with Crippen molar-refractivity contribution in [2.45, 2.75) is 71.8 Å². The van der Waals surface area contributed by atoms with Gasteiger partial charge in [-0.25, -0.2) is 0 Å². The molecule has 0 atom stereocenters.